The Bertz CT molecular complexity index is 1240. The van der Waals surface area contributed by atoms with Crippen molar-refractivity contribution < 1.29 is 30.8 Å². The summed E-state index contributed by atoms with van der Waals surface area (Å²) in [6, 6.07) is 5.64. The zero-order valence-electron chi connectivity index (χ0n) is 19.5. The summed E-state index contributed by atoms with van der Waals surface area (Å²) in [4.78, 5) is 12.8. The van der Waals surface area contributed by atoms with Crippen LogP contribution < -0.4 is 0 Å². The van der Waals surface area contributed by atoms with E-state index in [1.165, 1.54) is 36.6 Å². The van der Waals surface area contributed by atoms with Crippen LogP contribution >= 0.6 is 0 Å². The molecule has 182 valence electrons. The lowest BCUT2D eigenvalue weighted by atomic mass is 10.0. The zero-order chi connectivity index (χ0) is 24.6. The van der Waals surface area contributed by atoms with Crippen LogP contribution in [0.1, 0.15) is 47.0 Å². The number of hydrogen-bond donors (Lipinski definition) is 0. The Morgan fingerprint density at radius 3 is 2.36 bits per heavy atom. The zero-order valence-corrected chi connectivity index (χ0v) is 21.1. The SMILES string of the molecule is Cc1cc(C(=O)OCc2ccc(S(=O)(=O)N(C)C)o2)cc(S(=O)(=O)N2CCC(C)CC2)c1C. The van der Waals surface area contributed by atoms with Gasteiger partial charge in [-0.15, -0.1) is 0 Å². The fourth-order valence-electron chi connectivity index (χ4n) is 3.55. The molecule has 1 fully saturated rings. The van der Waals surface area contributed by atoms with Crippen LogP contribution in [0, 0.1) is 19.8 Å². The van der Waals surface area contributed by atoms with Gasteiger partial charge < -0.3 is 9.15 Å². The van der Waals surface area contributed by atoms with Gasteiger partial charge in [-0.1, -0.05) is 6.92 Å². The van der Waals surface area contributed by atoms with E-state index in [-0.39, 0.29) is 27.9 Å². The average molecular weight is 499 g/mol. The highest BCUT2D eigenvalue weighted by Gasteiger charge is 2.30. The summed E-state index contributed by atoms with van der Waals surface area (Å²) < 4.78 is 63.8. The standard InChI is InChI=1S/C22H30N2O7S2/c1-15-8-10-24(11-9-15)32(26,27)20-13-18(12-16(2)17(20)3)22(25)30-14-19-6-7-21(31-19)33(28,29)23(4)5/h6-7,12-13,15H,8-11,14H2,1-5H3. The molecule has 0 atom stereocenters. The molecule has 1 saturated heterocycles. The van der Waals surface area contributed by atoms with Gasteiger partial charge in [-0.3, -0.25) is 0 Å². The van der Waals surface area contributed by atoms with Crippen LogP contribution in [0.3, 0.4) is 0 Å². The van der Waals surface area contributed by atoms with Crippen molar-refractivity contribution in [2.24, 2.45) is 5.92 Å². The van der Waals surface area contributed by atoms with Crippen LogP contribution in [0.5, 0.6) is 0 Å². The van der Waals surface area contributed by atoms with E-state index in [2.05, 4.69) is 6.92 Å². The van der Waals surface area contributed by atoms with Crippen molar-refractivity contribution in [3.8, 4) is 0 Å². The van der Waals surface area contributed by atoms with Crippen molar-refractivity contribution >= 4 is 26.0 Å². The third kappa shape index (κ3) is 5.32. The third-order valence-electron chi connectivity index (χ3n) is 5.93. The van der Waals surface area contributed by atoms with Gasteiger partial charge in [0.2, 0.25) is 15.1 Å². The van der Waals surface area contributed by atoms with E-state index < -0.39 is 26.0 Å². The molecule has 9 nitrogen and oxygen atoms in total. The molecule has 1 aliphatic heterocycles. The molecule has 0 spiro atoms. The van der Waals surface area contributed by atoms with E-state index in [0.717, 1.165) is 17.1 Å². The molecule has 1 aromatic heterocycles. The molecular formula is C22H30N2O7S2. The maximum atomic E-state index is 13.3. The fourth-order valence-corrected chi connectivity index (χ4v) is 6.16. The fraction of sp³-hybridized carbons (Fsp3) is 0.500. The van der Waals surface area contributed by atoms with E-state index >= 15 is 0 Å². The Morgan fingerprint density at radius 2 is 1.76 bits per heavy atom. The number of rotatable bonds is 7. The molecule has 3 rings (SSSR count). The molecule has 0 amide bonds. The van der Waals surface area contributed by atoms with Crippen molar-refractivity contribution in [2.45, 2.75) is 50.2 Å². The molecule has 0 bridgehead atoms. The first-order valence-corrected chi connectivity index (χ1v) is 13.5. The minimum atomic E-state index is -3.75. The van der Waals surface area contributed by atoms with Crippen molar-refractivity contribution in [1.29, 1.82) is 0 Å². The average Bonchev–Trinajstić information content (AvgIpc) is 3.23. The van der Waals surface area contributed by atoms with Gasteiger partial charge in [0.25, 0.3) is 10.0 Å². The Hall–Kier alpha value is -2.21. The minimum Gasteiger partial charge on any atom is -0.454 e. The van der Waals surface area contributed by atoms with E-state index in [9.17, 15) is 21.6 Å². The van der Waals surface area contributed by atoms with E-state index in [0.29, 0.717) is 30.1 Å². The third-order valence-corrected chi connectivity index (χ3v) is 9.65. The molecule has 11 heteroatoms. The van der Waals surface area contributed by atoms with E-state index in [4.69, 9.17) is 9.15 Å². The summed E-state index contributed by atoms with van der Waals surface area (Å²) >= 11 is 0. The molecule has 0 radical (unpaired) electrons. The van der Waals surface area contributed by atoms with Crippen molar-refractivity contribution in [2.75, 3.05) is 27.2 Å². The summed E-state index contributed by atoms with van der Waals surface area (Å²) in [6.07, 6.45) is 1.60. The van der Waals surface area contributed by atoms with Gasteiger partial charge in [-0.2, -0.15) is 4.31 Å². The minimum absolute atomic E-state index is 0.0985. The summed E-state index contributed by atoms with van der Waals surface area (Å²) in [5.74, 6) is -0.0893. The topological polar surface area (TPSA) is 114 Å². The number of carbonyl (C=O) groups excluding carboxylic acids is 1. The van der Waals surface area contributed by atoms with Crippen LogP contribution in [-0.2, 0) is 31.4 Å². The van der Waals surface area contributed by atoms with Crippen LogP contribution in [0.4, 0.5) is 0 Å². The second-order valence-electron chi connectivity index (χ2n) is 8.59. The molecule has 0 aliphatic carbocycles. The van der Waals surface area contributed by atoms with Gasteiger partial charge in [0.1, 0.15) is 12.4 Å². The molecule has 33 heavy (non-hydrogen) atoms. The van der Waals surface area contributed by atoms with Crippen LogP contribution in [0.2, 0.25) is 0 Å². The first-order valence-electron chi connectivity index (χ1n) is 10.6. The summed E-state index contributed by atoms with van der Waals surface area (Å²) in [5, 5.41) is -0.256. The first kappa shape index (κ1) is 25.4. The van der Waals surface area contributed by atoms with Gasteiger partial charge >= 0.3 is 5.97 Å². The van der Waals surface area contributed by atoms with Gasteiger partial charge in [0, 0.05) is 27.2 Å². The summed E-state index contributed by atoms with van der Waals surface area (Å²) in [7, 11) is -4.72. The number of sulfonamides is 2. The van der Waals surface area contributed by atoms with Crippen molar-refractivity contribution in [3.63, 3.8) is 0 Å². The Morgan fingerprint density at radius 1 is 1.12 bits per heavy atom. The smallest absolute Gasteiger partial charge is 0.338 e. The predicted molar refractivity (Wildman–Crippen MR) is 122 cm³/mol. The lowest BCUT2D eigenvalue weighted by molar-refractivity contribution is 0.0440. The number of piperidine rings is 1. The quantitative estimate of drug-likeness (QED) is 0.539. The lowest BCUT2D eigenvalue weighted by Gasteiger charge is -2.30. The molecule has 1 aromatic carbocycles. The highest BCUT2D eigenvalue weighted by atomic mass is 32.2. The highest BCUT2D eigenvalue weighted by Crippen LogP contribution is 2.28. The molecule has 2 aromatic rings. The maximum Gasteiger partial charge on any atom is 0.338 e. The number of ether oxygens (including phenoxy) is 1. The summed E-state index contributed by atoms with van der Waals surface area (Å²) in [6.45, 7) is 6.18. The number of furan rings is 1. The van der Waals surface area contributed by atoms with Gasteiger partial charge in [-0.05, 0) is 68.0 Å². The van der Waals surface area contributed by atoms with Crippen molar-refractivity contribution in [3.05, 3.63) is 46.7 Å². The number of nitrogens with zero attached hydrogens (tertiary/aromatic N) is 2. The lowest BCUT2D eigenvalue weighted by Crippen LogP contribution is -2.38. The van der Waals surface area contributed by atoms with Gasteiger partial charge in [0.15, 0.2) is 0 Å². The second-order valence-corrected chi connectivity index (χ2v) is 12.6. The van der Waals surface area contributed by atoms with Crippen LogP contribution in [0.25, 0.3) is 0 Å². The summed E-state index contributed by atoms with van der Waals surface area (Å²) in [5.41, 5.74) is 1.36. The number of esters is 1. The van der Waals surface area contributed by atoms with Gasteiger partial charge in [0.05, 0.1) is 10.5 Å². The highest BCUT2D eigenvalue weighted by molar-refractivity contribution is 7.89. The second kappa shape index (κ2) is 9.57. The molecule has 0 N–H and O–H groups in total. The Kier molecular flexibility index (Phi) is 7.37. The molecular weight excluding hydrogens is 468 g/mol. The normalized spacial score (nSPS) is 16.3. The molecule has 2 heterocycles. The van der Waals surface area contributed by atoms with E-state index in [1.807, 2.05) is 0 Å². The van der Waals surface area contributed by atoms with Crippen LogP contribution in [-0.4, -0.2) is 58.6 Å². The largest absolute Gasteiger partial charge is 0.454 e. The predicted octanol–water partition coefficient (Wildman–Crippen LogP) is 2.92. The monoisotopic (exact) mass is 498 g/mol. The number of hydrogen-bond acceptors (Lipinski definition) is 7. The molecule has 0 unspecified atom stereocenters. The maximum absolute atomic E-state index is 13.3. The number of carbonyl (C=O) groups is 1. The number of benzene rings is 1. The molecule has 1 aliphatic rings. The van der Waals surface area contributed by atoms with Crippen LogP contribution in [0.15, 0.2) is 38.7 Å². The first-order chi connectivity index (χ1) is 15.3. The molecule has 0 saturated carbocycles. The van der Waals surface area contributed by atoms with Gasteiger partial charge in [-0.25, -0.2) is 25.9 Å². The number of aryl methyl sites for hydroxylation is 1. The Balaban J connectivity index is 1.79. The van der Waals surface area contributed by atoms with E-state index in [1.54, 1.807) is 19.9 Å². The van der Waals surface area contributed by atoms with Crippen molar-refractivity contribution in [1.82, 2.24) is 8.61 Å². The Labute approximate surface area is 195 Å².